The number of ether oxygens (including phenoxy) is 3. The van der Waals surface area contributed by atoms with E-state index >= 15 is 0 Å². The van der Waals surface area contributed by atoms with Crippen LogP contribution in [0.5, 0.6) is 11.5 Å². The molecule has 0 radical (unpaired) electrons. The molecule has 186 valence electrons. The lowest BCUT2D eigenvalue weighted by molar-refractivity contribution is 0.0530. The first-order valence-electron chi connectivity index (χ1n) is 12.3. The van der Waals surface area contributed by atoms with E-state index in [1.807, 2.05) is 67.6 Å². The van der Waals surface area contributed by atoms with E-state index in [1.165, 1.54) is 22.1 Å². The van der Waals surface area contributed by atoms with Crippen molar-refractivity contribution in [2.45, 2.75) is 20.5 Å². The second-order valence-electron chi connectivity index (χ2n) is 8.32. The molecule has 0 aliphatic rings. The zero-order chi connectivity index (χ0) is 25.6. The van der Waals surface area contributed by atoms with Crippen LogP contribution in [0.15, 0.2) is 89.9 Å². The summed E-state index contributed by atoms with van der Waals surface area (Å²) >= 11 is 1.47. The molecule has 0 unspecified atom stereocenters. The highest BCUT2D eigenvalue weighted by molar-refractivity contribution is 7.23. The molecule has 5 aromatic rings. The molecule has 0 fully saturated rings. The number of benzene rings is 4. The lowest BCUT2D eigenvalue weighted by Gasteiger charge is -2.13. The van der Waals surface area contributed by atoms with Crippen LogP contribution in [-0.4, -0.2) is 25.4 Å². The van der Waals surface area contributed by atoms with Crippen molar-refractivity contribution in [2.75, 3.05) is 13.2 Å². The predicted molar refractivity (Wildman–Crippen MR) is 151 cm³/mol. The fourth-order valence-electron chi connectivity index (χ4n) is 4.22. The van der Waals surface area contributed by atoms with E-state index in [9.17, 15) is 4.79 Å². The summed E-state index contributed by atoms with van der Waals surface area (Å²) in [6.45, 7) is 4.99. The number of fused-ring (bicyclic) bond motifs is 2. The molecule has 6 heteroatoms. The minimum absolute atomic E-state index is 0.310. The standard InChI is InChI=1S/C31H27NO4S/c1-3-34-27-18-21(16-17-26(27)36-20-23-12-9-11-22-10-5-6-13-24(22)23)19-32-30-29(31(33)35-4-2)25-14-7-8-15-28(25)37-30/h5-19H,3-4,20H2,1-2H3. The second-order valence-corrected chi connectivity index (χ2v) is 9.35. The minimum atomic E-state index is -0.362. The predicted octanol–water partition coefficient (Wildman–Crippen LogP) is 7.96. The van der Waals surface area contributed by atoms with E-state index in [4.69, 9.17) is 14.2 Å². The van der Waals surface area contributed by atoms with Crippen molar-refractivity contribution >= 4 is 49.4 Å². The topological polar surface area (TPSA) is 57.1 Å². The quantitative estimate of drug-likeness (QED) is 0.149. The Kier molecular flexibility index (Phi) is 7.47. The third kappa shape index (κ3) is 5.34. The van der Waals surface area contributed by atoms with Gasteiger partial charge < -0.3 is 14.2 Å². The van der Waals surface area contributed by atoms with Crippen LogP contribution < -0.4 is 9.47 Å². The SMILES string of the molecule is CCOC(=O)c1c(N=Cc2ccc(OCc3cccc4ccccc34)c(OCC)c2)sc2ccccc12. The Labute approximate surface area is 220 Å². The molecule has 0 N–H and O–H groups in total. The Morgan fingerprint density at radius 3 is 2.46 bits per heavy atom. The first-order valence-corrected chi connectivity index (χ1v) is 13.1. The van der Waals surface area contributed by atoms with Gasteiger partial charge in [-0.1, -0.05) is 60.7 Å². The van der Waals surface area contributed by atoms with Gasteiger partial charge in [0.2, 0.25) is 0 Å². The highest BCUT2D eigenvalue weighted by Crippen LogP contribution is 2.38. The van der Waals surface area contributed by atoms with Gasteiger partial charge in [-0.15, -0.1) is 11.3 Å². The zero-order valence-corrected chi connectivity index (χ0v) is 21.6. The average molecular weight is 510 g/mol. The second kappa shape index (κ2) is 11.3. The van der Waals surface area contributed by atoms with Crippen molar-refractivity contribution < 1.29 is 19.0 Å². The molecule has 0 amide bonds. The summed E-state index contributed by atoms with van der Waals surface area (Å²) in [5.74, 6) is 0.953. The van der Waals surface area contributed by atoms with Crippen molar-refractivity contribution in [3.8, 4) is 11.5 Å². The molecule has 0 aliphatic heterocycles. The zero-order valence-electron chi connectivity index (χ0n) is 20.8. The molecular formula is C31H27NO4S. The van der Waals surface area contributed by atoms with Gasteiger partial charge >= 0.3 is 5.97 Å². The first-order chi connectivity index (χ1) is 18.2. The number of aliphatic imine (C=N–C) groups is 1. The number of hydrogen-bond donors (Lipinski definition) is 0. The molecule has 1 heterocycles. The lowest BCUT2D eigenvalue weighted by Crippen LogP contribution is -2.04. The van der Waals surface area contributed by atoms with Crippen LogP contribution in [0.4, 0.5) is 5.00 Å². The van der Waals surface area contributed by atoms with Crippen molar-refractivity contribution in [2.24, 2.45) is 4.99 Å². The van der Waals surface area contributed by atoms with Gasteiger partial charge in [0, 0.05) is 16.3 Å². The summed E-state index contributed by atoms with van der Waals surface area (Å²) in [6.07, 6.45) is 1.74. The van der Waals surface area contributed by atoms with Gasteiger partial charge in [-0.3, -0.25) is 0 Å². The minimum Gasteiger partial charge on any atom is -0.490 e. The van der Waals surface area contributed by atoms with Crippen molar-refractivity contribution in [3.05, 3.63) is 102 Å². The lowest BCUT2D eigenvalue weighted by atomic mass is 10.1. The molecule has 5 rings (SSSR count). The molecule has 0 saturated heterocycles. The maximum absolute atomic E-state index is 12.7. The Hall–Kier alpha value is -4.16. The highest BCUT2D eigenvalue weighted by atomic mass is 32.1. The van der Waals surface area contributed by atoms with Crippen molar-refractivity contribution in [1.29, 1.82) is 0 Å². The molecule has 0 bridgehead atoms. The smallest absolute Gasteiger partial charge is 0.341 e. The van der Waals surface area contributed by atoms with Crippen LogP contribution >= 0.6 is 11.3 Å². The molecular weight excluding hydrogens is 482 g/mol. The molecule has 0 atom stereocenters. The summed E-state index contributed by atoms with van der Waals surface area (Å²) in [5.41, 5.74) is 2.45. The number of nitrogens with zero attached hydrogens (tertiary/aromatic N) is 1. The van der Waals surface area contributed by atoms with Crippen molar-refractivity contribution in [3.63, 3.8) is 0 Å². The maximum atomic E-state index is 12.7. The van der Waals surface area contributed by atoms with Gasteiger partial charge in [0.05, 0.1) is 13.2 Å². The molecule has 4 aromatic carbocycles. The Balaban J connectivity index is 1.41. The number of thiophene rings is 1. The molecule has 5 nitrogen and oxygen atoms in total. The average Bonchev–Trinajstić information content (AvgIpc) is 3.30. The monoisotopic (exact) mass is 509 g/mol. The maximum Gasteiger partial charge on any atom is 0.341 e. The number of rotatable bonds is 9. The molecule has 0 aliphatic carbocycles. The number of esters is 1. The summed E-state index contributed by atoms with van der Waals surface area (Å²) in [6, 6.07) is 28.0. The Morgan fingerprint density at radius 2 is 1.62 bits per heavy atom. The van der Waals surface area contributed by atoms with Crippen LogP contribution in [0.25, 0.3) is 20.9 Å². The number of hydrogen-bond acceptors (Lipinski definition) is 6. The molecule has 0 spiro atoms. The van der Waals surface area contributed by atoms with Crippen LogP contribution in [0.3, 0.4) is 0 Å². The highest BCUT2D eigenvalue weighted by Gasteiger charge is 2.19. The van der Waals surface area contributed by atoms with E-state index in [1.54, 1.807) is 13.1 Å². The van der Waals surface area contributed by atoms with Crippen molar-refractivity contribution in [1.82, 2.24) is 0 Å². The van der Waals surface area contributed by atoms with E-state index in [-0.39, 0.29) is 5.97 Å². The molecule has 37 heavy (non-hydrogen) atoms. The third-order valence-electron chi connectivity index (χ3n) is 5.92. The van der Waals surface area contributed by atoms with E-state index in [0.29, 0.717) is 41.9 Å². The fourth-order valence-corrected chi connectivity index (χ4v) is 5.26. The Morgan fingerprint density at radius 1 is 0.838 bits per heavy atom. The van der Waals surface area contributed by atoms with Gasteiger partial charge in [0.25, 0.3) is 0 Å². The van der Waals surface area contributed by atoms with Crippen LogP contribution in [0, 0.1) is 0 Å². The van der Waals surface area contributed by atoms with Crippen LogP contribution in [0.2, 0.25) is 0 Å². The number of carbonyl (C=O) groups excluding carboxylic acids is 1. The third-order valence-corrected chi connectivity index (χ3v) is 7.00. The van der Waals surface area contributed by atoms with Gasteiger partial charge in [-0.25, -0.2) is 9.79 Å². The van der Waals surface area contributed by atoms with Gasteiger partial charge in [-0.2, -0.15) is 0 Å². The summed E-state index contributed by atoms with van der Waals surface area (Å²) in [5, 5.41) is 3.83. The number of carbonyl (C=O) groups is 1. The van der Waals surface area contributed by atoms with E-state index in [0.717, 1.165) is 21.2 Å². The van der Waals surface area contributed by atoms with Gasteiger partial charge in [0.1, 0.15) is 17.2 Å². The Bertz CT molecular complexity index is 1580. The largest absolute Gasteiger partial charge is 0.490 e. The summed E-state index contributed by atoms with van der Waals surface area (Å²) in [7, 11) is 0. The van der Waals surface area contributed by atoms with Gasteiger partial charge in [0.15, 0.2) is 11.5 Å². The van der Waals surface area contributed by atoms with Gasteiger partial charge in [-0.05, 0) is 60.0 Å². The van der Waals surface area contributed by atoms with Crippen LogP contribution in [-0.2, 0) is 11.3 Å². The van der Waals surface area contributed by atoms with E-state index < -0.39 is 0 Å². The van der Waals surface area contributed by atoms with Crippen LogP contribution in [0.1, 0.15) is 35.3 Å². The summed E-state index contributed by atoms with van der Waals surface area (Å²) in [4.78, 5) is 17.4. The molecule has 0 saturated carbocycles. The fraction of sp³-hybridized carbons (Fsp3) is 0.161. The molecule has 1 aromatic heterocycles. The van der Waals surface area contributed by atoms with E-state index in [2.05, 4.69) is 29.3 Å². The normalized spacial score (nSPS) is 11.3. The summed E-state index contributed by atoms with van der Waals surface area (Å²) < 4.78 is 18.4. The first kappa shape index (κ1) is 24.5.